The lowest BCUT2D eigenvalue weighted by Gasteiger charge is -2.29. The van der Waals surface area contributed by atoms with Crippen LogP contribution < -0.4 is 0 Å². The first-order chi connectivity index (χ1) is 9.37. The molecule has 4 nitrogen and oxygen atoms in total. The maximum Gasteiger partial charge on any atom is 0.357 e. The fourth-order valence-electron chi connectivity index (χ4n) is 2.30. The number of fused-ring (bicyclic) bond motifs is 1. The lowest BCUT2D eigenvalue weighted by atomic mass is 9.98. The molecule has 2 heterocycles. The number of ether oxygens (including phenoxy) is 1. The van der Waals surface area contributed by atoms with Gasteiger partial charge >= 0.3 is 5.97 Å². The summed E-state index contributed by atoms with van der Waals surface area (Å²) < 4.78 is 7.09. The number of imidazole rings is 1. The third kappa shape index (κ3) is 2.19. The number of esters is 1. The first kappa shape index (κ1) is 13.5. The van der Waals surface area contributed by atoms with E-state index in [-0.39, 0.29) is 5.97 Å². The second-order valence-corrected chi connectivity index (χ2v) is 6.15. The molecule has 1 aromatic carbocycles. The zero-order valence-corrected chi connectivity index (χ0v) is 12.5. The van der Waals surface area contributed by atoms with Gasteiger partial charge < -0.3 is 4.74 Å². The minimum Gasteiger partial charge on any atom is -0.455 e. The van der Waals surface area contributed by atoms with E-state index in [2.05, 4.69) is 4.98 Å². The Labute approximate surface area is 126 Å². The third-order valence-corrected chi connectivity index (χ3v) is 3.92. The summed E-state index contributed by atoms with van der Waals surface area (Å²) in [6.45, 7) is 3.73. The monoisotopic (exact) mass is 310 g/mol. The second-order valence-electron chi connectivity index (χ2n) is 5.33. The number of cyclic esters (lactones) is 1. The number of nitrogens with zero attached hydrogens (tertiary/aromatic N) is 2. The molecule has 20 heavy (non-hydrogen) atoms. The van der Waals surface area contributed by atoms with Crippen LogP contribution in [-0.4, -0.2) is 21.1 Å². The molecule has 2 aromatic rings. The molecule has 6 heteroatoms. The highest BCUT2D eigenvalue weighted by molar-refractivity contribution is 6.42. The van der Waals surface area contributed by atoms with E-state index in [0.29, 0.717) is 22.2 Å². The number of benzene rings is 1. The van der Waals surface area contributed by atoms with Crippen LogP contribution in [0, 0.1) is 0 Å². The SMILES string of the molecule is CC1(C)Cc2ncn(-c3ccc(Cl)c(Cl)c3)c2C(=O)O1. The Kier molecular flexibility index (Phi) is 3.03. The Balaban J connectivity index is 2.11. The molecule has 0 saturated carbocycles. The third-order valence-electron chi connectivity index (χ3n) is 3.18. The fourth-order valence-corrected chi connectivity index (χ4v) is 2.59. The first-order valence-corrected chi connectivity index (χ1v) is 6.88. The maximum atomic E-state index is 12.2. The molecule has 0 fully saturated rings. The van der Waals surface area contributed by atoms with E-state index >= 15 is 0 Å². The predicted molar refractivity (Wildman–Crippen MR) is 76.8 cm³/mol. The highest BCUT2D eigenvalue weighted by atomic mass is 35.5. The van der Waals surface area contributed by atoms with Crippen molar-refractivity contribution in [1.82, 2.24) is 9.55 Å². The van der Waals surface area contributed by atoms with Gasteiger partial charge in [-0.2, -0.15) is 0 Å². The van der Waals surface area contributed by atoms with Crippen LogP contribution >= 0.6 is 23.2 Å². The smallest absolute Gasteiger partial charge is 0.357 e. The summed E-state index contributed by atoms with van der Waals surface area (Å²) in [5, 5.41) is 0.893. The summed E-state index contributed by atoms with van der Waals surface area (Å²) in [5.74, 6) is -0.375. The Morgan fingerprint density at radius 2 is 2.05 bits per heavy atom. The lowest BCUT2D eigenvalue weighted by molar-refractivity contribution is -0.00795. The van der Waals surface area contributed by atoms with Gasteiger partial charge in [0.2, 0.25) is 0 Å². The van der Waals surface area contributed by atoms with E-state index in [1.54, 1.807) is 29.1 Å². The predicted octanol–water partition coefficient (Wildman–Crippen LogP) is 3.67. The molecule has 0 amide bonds. The van der Waals surface area contributed by atoms with Gasteiger partial charge in [0.15, 0.2) is 5.69 Å². The molecule has 0 atom stereocenters. The molecular weight excluding hydrogens is 299 g/mol. The molecule has 0 saturated heterocycles. The standard InChI is InChI=1S/C14H12Cl2N2O2/c1-14(2)6-11-12(13(19)20-14)18(7-17-11)8-3-4-9(15)10(16)5-8/h3-5,7H,6H2,1-2H3. The Morgan fingerprint density at radius 3 is 2.75 bits per heavy atom. The zero-order chi connectivity index (χ0) is 14.5. The molecule has 0 N–H and O–H groups in total. The second kappa shape index (κ2) is 4.50. The van der Waals surface area contributed by atoms with Crippen LogP contribution in [0.15, 0.2) is 24.5 Å². The minimum absolute atomic E-state index is 0.375. The van der Waals surface area contributed by atoms with Crippen LogP contribution in [0.3, 0.4) is 0 Å². The van der Waals surface area contributed by atoms with Gasteiger partial charge in [-0.1, -0.05) is 23.2 Å². The Morgan fingerprint density at radius 1 is 1.30 bits per heavy atom. The molecule has 0 bridgehead atoms. The van der Waals surface area contributed by atoms with Crippen molar-refractivity contribution in [2.45, 2.75) is 25.9 Å². The van der Waals surface area contributed by atoms with Crippen molar-refractivity contribution in [3.63, 3.8) is 0 Å². The van der Waals surface area contributed by atoms with Crippen molar-refractivity contribution < 1.29 is 9.53 Å². The topological polar surface area (TPSA) is 44.1 Å². The van der Waals surface area contributed by atoms with Crippen LogP contribution in [0.1, 0.15) is 30.0 Å². The summed E-state index contributed by atoms with van der Waals surface area (Å²) in [7, 11) is 0. The van der Waals surface area contributed by atoms with Crippen molar-refractivity contribution >= 4 is 29.2 Å². The molecule has 1 aliphatic rings. The molecule has 0 unspecified atom stereocenters. The van der Waals surface area contributed by atoms with Crippen molar-refractivity contribution in [2.24, 2.45) is 0 Å². The zero-order valence-electron chi connectivity index (χ0n) is 11.0. The largest absolute Gasteiger partial charge is 0.455 e. The number of carbonyl (C=O) groups is 1. The molecule has 0 radical (unpaired) electrons. The number of hydrogen-bond acceptors (Lipinski definition) is 3. The van der Waals surface area contributed by atoms with Crippen LogP contribution in [0.5, 0.6) is 0 Å². The van der Waals surface area contributed by atoms with E-state index in [4.69, 9.17) is 27.9 Å². The normalized spacial score (nSPS) is 16.7. The average molecular weight is 311 g/mol. The van der Waals surface area contributed by atoms with Gasteiger partial charge in [0.05, 0.1) is 15.7 Å². The van der Waals surface area contributed by atoms with Crippen LogP contribution in [0.4, 0.5) is 0 Å². The van der Waals surface area contributed by atoms with Gasteiger partial charge in [0.25, 0.3) is 0 Å². The fraction of sp³-hybridized carbons (Fsp3) is 0.286. The van der Waals surface area contributed by atoms with Crippen LogP contribution in [0.2, 0.25) is 10.0 Å². The van der Waals surface area contributed by atoms with Crippen LogP contribution in [-0.2, 0) is 11.2 Å². The van der Waals surface area contributed by atoms with E-state index in [9.17, 15) is 4.79 Å². The summed E-state index contributed by atoms with van der Waals surface area (Å²) in [6.07, 6.45) is 2.19. The maximum absolute atomic E-state index is 12.2. The molecule has 3 rings (SSSR count). The summed E-state index contributed by atoms with van der Waals surface area (Å²) in [6, 6.07) is 5.16. The van der Waals surface area contributed by atoms with Crippen molar-refractivity contribution in [3.8, 4) is 5.69 Å². The molecule has 1 aromatic heterocycles. The highest BCUT2D eigenvalue weighted by Gasteiger charge is 2.36. The van der Waals surface area contributed by atoms with Gasteiger partial charge in [0.1, 0.15) is 11.9 Å². The number of hydrogen-bond donors (Lipinski definition) is 0. The number of aromatic nitrogens is 2. The molecule has 1 aliphatic heterocycles. The molecule has 0 spiro atoms. The van der Waals surface area contributed by atoms with Crippen LogP contribution in [0.25, 0.3) is 5.69 Å². The van der Waals surface area contributed by atoms with Gasteiger partial charge in [-0.05, 0) is 32.0 Å². The summed E-state index contributed by atoms with van der Waals surface area (Å²) in [5.41, 5.74) is 1.38. The van der Waals surface area contributed by atoms with E-state index in [1.807, 2.05) is 13.8 Å². The van der Waals surface area contributed by atoms with Crippen molar-refractivity contribution in [3.05, 3.63) is 46.0 Å². The molecular formula is C14H12Cl2N2O2. The summed E-state index contributed by atoms with van der Waals surface area (Å²) in [4.78, 5) is 16.5. The van der Waals surface area contributed by atoms with Crippen molar-refractivity contribution in [1.29, 1.82) is 0 Å². The molecule has 0 aliphatic carbocycles. The number of halogens is 2. The van der Waals surface area contributed by atoms with Gasteiger partial charge in [0, 0.05) is 12.1 Å². The van der Waals surface area contributed by atoms with Gasteiger partial charge in [-0.15, -0.1) is 0 Å². The Hall–Kier alpha value is -1.52. The first-order valence-electron chi connectivity index (χ1n) is 6.12. The van der Waals surface area contributed by atoms with E-state index in [0.717, 1.165) is 11.4 Å². The minimum atomic E-state index is -0.527. The quantitative estimate of drug-likeness (QED) is 0.755. The number of carbonyl (C=O) groups excluding carboxylic acids is 1. The number of rotatable bonds is 1. The van der Waals surface area contributed by atoms with E-state index < -0.39 is 5.60 Å². The Bertz CT molecular complexity index is 707. The molecule has 104 valence electrons. The van der Waals surface area contributed by atoms with Gasteiger partial charge in [-0.25, -0.2) is 9.78 Å². The lowest BCUT2D eigenvalue weighted by Crippen LogP contribution is -2.36. The van der Waals surface area contributed by atoms with E-state index in [1.165, 1.54) is 0 Å². The van der Waals surface area contributed by atoms with Crippen molar-refractivity contribution in [2.75, 3.05) is 0 Å². The average Bonchev–Trinajstić information content (AvgIpc) is 2.75. The summed E-state index contributed by atoms with van der Waals surface area (Å²) >= 11 is 11.9. The highest BCUT2D eigenvalue weighted by Crippen LogP contribution is 2.30. The van der Waals surface area contributed by atoms with Gasteiger partial charge in [-0.3, -0.25) is 4.57 Å².